The van der Waals surface area contributed by atoms with Crippen LogP contribution >= 0.6 is 15.9 Å². The maximum absolute atomic E-state index is 10.8. The molecule has 3 aromatic rings. The molecule has 0 amide bonds. The lowest BCUT2D eigenvalue weighted by Gasteiger charge is -2.27. The number of nitro benzene ring substituents is 1. The Hall–Kier alpha value is -3.64. The summed E-state index contributed by atoms with van der Waals surface area (Å²) in [7, 11) is 0. The van der Waals surface area contributed by atoms with Gasteiger partial charge in [0.1, 0.15) is 0 Å². The van der Waals surface area contributed by atoms with E-state index in [1.54, 1.807) is 12.1 Å². The van der Waals surface area contributed by atoms with Crippen molar-refractivity contribution in [2.75, 3.05) is 41.9 Å². The van der Waals surface area contributed by atoms with E-state index in [0.29, 0.717) is 43.8 Å². The second kappa shape index (κ2) is 10.1. The molecular weight excluding hydrogens is 480 g/mol. The molecule has 2 N–H and O–H groups in total. The van der Waals surface area contributed by atoms with E-state index in [9.17, 15) is 10.1 Å². The van der Waals surface area contributed by atoms with Crippen LogP contribution < -0.4 is 15.6 Å². The zero-order valence-electron chi connectivity index (χ0n) is 16.8. The number of hydrogen-bond donors (Lipinski definition) is 2. The van der Waals surface area contributed by atoms with Gasteiger partial charge in [-0.25, -0.2) is 5.43 Å². The van der Waals surface area contributed by atoms with Gasteiger partial charge in [0, 0.05) is 35.4 Å². The van der Waals surface area contributed by atoms with E-state index >= 15 is 0 Å². The van der Waals surface area contributed by atoms with Gasteiger partial charge in [0.05, 0.1) is 24.4 Å². The molecule has 1 aromatic heterocycles. The summed E-state index contributed by atoms with van der Waals surface area (Å²) in [5.74, 6) is 1.14. The smallest absolute Gasteiger partial charge is 0.269 e. The summed E-state index contributed by atoms with van der Waals surface area (Å²) in [6.07, 6.45) is 1.53. The molecule has 0 saturated carbocycles. The summed E-state index contributed by atoms with van der Waals surface area (Å²) in [6, 6.07) is 13.7. The van der Waals surface area contributed by atoms with E-state index in [2.05, 4.69) is 46.7 Å². The third-order valence-electron chi connectivity index (χ3n) is 4.48. The molecule has 1 fully saturated rings. The number of anilines is 4. The summed E-state index contributed by atoms with van der Waals surface area (Å²) in [5, 5.41) is 18.1. The fourth-order valence-electron chi connectivity index (χ4n) is 2.92. The van der Waals surface area contributed by atoms with Crippen molar-refractivity contribution in [3.05, 3.63) is 68.7 Å². The number of ether oxygens (including phenoxy) is 1. The highest BCUT2D eigenvalue weighted by atomic mass is 79.9. The van der Waals surface area contributed by atoms with Gasteiger partial charge in [0.15, 0.2) is 0 Å². The number of benzene rings is 2. The molecule has 164 valence electrons. The highest BCUT2D eigenvalue weighted by Gasteiger charge is 2.16. The predicted octanol–water partition coefficient (Wildman–Crippen LogP) is 3.57. The molecule has 2 heterocycles. The lowest BCUT2D eigenvalue weighted by molar-refractivity contribution is -0.384. The number of nitrogens with one attached hydrogen (secondary N) is 2. The number of aromatic nitrogens is 3. The van der Waals surface area contributed by atoms with Crippen LogP contribution in [0.25, 0.3) is 0 Å². The Labute approximate surface area is 191 Å². The molecular formula is C20H19BrN8O3. The average Bonchev–Trinajstić information content (AvgIpc) is 2.80. The van der Waals surface area contributed by atoms with Gasteiger partial charge in [-0.3, -0.25) is 10.1 Å². The van der Waals surface area contributed by atoms with Crippen molar-refractivity contribution < 1.29 is 9.66 Å². The molecule has 4 rings (SSSR count). The SMILES string of the molecule is O=[N+]([O-])c1ccc(/C=N/Nc2nc(Nc3cccc(Br)c3)nc(N3CCOCC3)n2)cc1. The molecule has 1 aliphatic heterocycles. The maximum atomic E-state index is 10.8. The second-order valence-corrected chi connectivity index (χ2v) is 7.65. The Morgan fingerprint density at radius 3 is 2.56 bits per heavy atom. The van der Waals surface area contributed by atoms with Crippen molar-refractivity contribution in [1.29, 1.82) is 0 Å². The fourth-order valence-corrected chi connectivity index (χ4v) is 3.32. The van der Waals surface area contributed by atoms with Gasteiger partial charge in [-0.2, -0.15) is 20.1 Å². The molecule has 2 aromatic carbocycles. The second-order valence-electron chi connectivity index (χ2n) is 6.74. The third-order valence-corrected chi connectivity index (χ3v) is 4.97. The van der Waals surface area contributed by atoms with Crippen molar-refractivity contribution in [3.63, 3.8) is 0 Å². The van der Waals surface area contributed by atoms with Crippen molar-refractivity contribution >= 4 is 51.4 Å². The Morgan fingerprint density at radius 1 is 1.09 bits per heavy atom. The normalized spacial score (nSPS) is 13.8. The molecule has 11 nitrogen and oxygen atoms in total. The van der Waals surface area contributed by atoms with Gasteiger partial charge < -0.3 is 15.0 Å². The van der Waals surface area contributed by atoms with Gasteiger partial charge >= 0.3 is 0 Å². The quantitative estimate of drug-likeness (QED) is 0.285. The van der Waals surface area contributed by atoms with Gasteiger partial charge in [-0.1, -0.05) is 22.0 Å². The van der Waals surface area contributed by atoms with Crippen LogP contribution in [0.5, 0.6) is 0 Å². The molecule has 0 aliphatic carbocycles. The highest BCUT2D eigenvalue weighted by molar-refractivity contribution is 9.10. The minimum absolute atomic E-state index is 0.0194. The Kier molecular flexibility index (Phi) is 6.82. The summed E-state index contributed by atoms with van der Waals surface area (Å²) < 4.78 is 6.34. The van der Waals surface area contributed by atoms with Crippen molar-refractivity contribution in [2.45, 2.75) is 0 Å². The van der Waals surface area contributed by atoms with Gasteiger partial charge in [0.2, 0.25) is 17.8 Å². The van der Waals surface area contributed by atoms with E-state index in [-0.39, 0.29) is 11.6 Å². The van der Waals surface area contributed by atoms with Crippen molar-refractivity contribution in [3.8, 4) is 0 Å². The molecule has 1 saturated heterocycles. The van der Waals surface area contributed by atoms with E-state index in [4.69, 9.17) is 4.74 Å². The number of nitro groups is 1. The van der Waals surface area contributed by atoms with E-state index in [0.717, 1.165) is 10.2 Å². The topological polar surface area (TPSA) is 131 Å². The molecule has 1 aliphatic rings. The number of hydrogen-bond acceptors (Lipinski definition) is 10. The molecule has 0 radical (unpaired) electrons. The van der Waals surface area contributed by atoms with Crippen LogP contribution in [-0.4, -0.2) is 52.4 Å². The molecule has 0 atom stereocenters. The van der Waals surface area contributed by atoms with Gasteiger partial charge in [-0.05, 0) is 35.9 Å². The van der Waals surface area contributed by atoms with Crippen molar-refractivity contribution in [1.82, 2.24) is 15.0 Å². The number of halogens is 1. The fraction of sp³-hybridized carbons (Fsp3) is 0.200. The first-order valence-electron chi connectivity index (χ1n) is 9.72. The zero-order valence-corrected chi connectivity index (χ0v) is 18.4. The monoisotopic (exact) mass is 498 g/mol. The largest absolute Gasteiger partial charge is 0.378 e. The van der Waals surface area contributed by atoms with E-state index in [1.165, 1.54) is 18.3 Å². The Balaban J connectivity index is 1.54. The van der Waals surface area contributed by atoms with Crippen LogP contribution in [0.4, 0.5) is 29.2 Å². The average molecular weight is 499 g/mol. The molecule has 0 spiro atoms. The summed E-state index contributed by atoms with van der Waals surface area (Å²) in [6.45, 7) is 2.54. The maximum Gasteiger partial charge on any atom is 0.269 e. The van der Waals surface area contributed by atoms with Crippen molar-refractivity contribution in [2.24, 2.45) is 5.10 Å². The third kappa shape index (κ3) is 5.74. The van der Waals surface area contributed by atoms with Crippen LogP contribution in [0.2, 0.25) is 0 Å². The van der Waals surface area contributed by atoms with Crippen LogP contribution in [0.15, 0.2) is 58.1 Å². The van der Waals surface area contributed by atoms with Gasteiger partial charge in [0.25, 0.3) is 5.69 Å². The molecule has 0 bridgehead atoms. The molecule has 32 heavy (non-hydrogen) atoms. The number of nitrogens with zero attached hydrogens (tertiary/aromatic N) is 6. The minimum atomic E-state index is -0.447. The number of morpholine rings is 1. The standard InChI is InChI=1S/C20H19BrN8O3/c21-15-2-1-3-16(12-15)23-18-24-19(26-20(25-18)28-8-10-32-11-9-28)27-22-13-14-4-6-17(7-5-14)29(30)31/h1-7,12-13H,8-11H2,(H2,23,24,25,26,27)/b22-13+. The summed E-state index contributed by atoms with van der Waals surface area (Å²) in [4.78, 5) is 25.8. The molecule has 0 unspecified atom stereocenters. The van der Waals surface area contributed by atoms with E-state index < -0.39 is 4.92 Å². The first-order chi connectivity index (χ1) is 15.6. The van der Waals surface area contributed by atoms with E-state index in [1.807, 2.05) is 29.2 Å². The Morgan fingerprint density at radius 2 is 1.84 bits per heavy atom. The Bertz CT molecular complexity index is 1120. The van der Waals surface area contributed by atoms with Crippen LogP contribution in [0.1, 0.15) is 5.56 Å². The van der Waals surface area contributed by atoms with Crippen LogP contribution in [0.3, 0.4) is 0 Å². The zero-order chi connectivity index (χ0) is 22.3. The lowest BCUT2D eigenvalue weighted by Crippen LogP contribution is -2.37. The first-order valence-corrected chi connectivity index (χ1v) is 10.5. The number of non-ortho nitro benzene ring substituents is 1. The summed E-state index contributed by atoms with van der Waals surface area (Å²) >= 11 is 3.45. The molecule has 12 heteroatoms. The lowest BCUT2D eigenvalue weighted by atomic mass is 10.2. The first kappa shape index (κ1) is 21.6. The predicted molar refractivity (Wildman–Crippen MR) is 125 cm³/mol. The van der Waals surface area contributed by atoms with Gasteiger partial charge in [-0.15, -0.1) is 0 Å². The highest BCUT2D eigenvalue weighted by Crippen LogP contribution is 2.21. The van der Waals surface area contributed by atoms with Crippen LogP contribution in [0, 0.1) is 10.1 Å². The minimum Gasteiger partial charge on any atom is -0.378 e. The number of rotatable bonds is 7. The number of hydrazone groups is 1. The summed E-state index contributed by atoms with van der Waals surface area (Å²) in [5.41, 5.74) is 4.34. The van der Waals surface area contributed by atoms with Crippen LogP contribution in [-0.2, 0) is 4.74 Å².